The van der Waals surface area contributed by atoms with E-state index in [1.165, 1.54) is 7.11 Å². The highest BCUT2D eigenvalue weighted by Gasteiger charge is 2.34. The molecule has 98 valence electrons. The van der Waals surface area contributed by atoms with Gasteiger partial charge >= 0.3 is 11.9 Å². The zero-order valence-electron chi connectivity index (χ0n) is 10.4. The summed E-state index contributed by atoms with van der Waals surface area (Å²) in [5, 5.41) is 9.04. The average Bonchev–Trinajstić information content (AvgIpc) is 2.27. The largest absolute Gasteiger partial charge is 0.481 e. The normalized spacial score (nSPS) is 22.2. The minimum Gasteiger partial charge on any atom is -0.481 e. The van der Waals surface area contributed by atoms with Crippen molar-refractivity contribution in [1.82, 2.24) is 4.90 Å². The second kappa shape index (κ2) is 5.46. The summed E-state index contributed by atoms with van der Waals surface area (Å²) in [6.07, 6.45) is -0.613. The van der Waals surface area contributed by atoms with Gasteiger partial charge in [-0.15, -0.1) is 0 Å². The number of ether oxygens (including phenoxy) is 2. The maximum atomic E-state index is 11.3. The number of rotatable bonds is 4. The SMILES string of the molecule is COC(=O)C1CN(CC(C)(C)C(=O)O)CCO1. The van der Waals surface area contributed by atoms with E-state index in [1.54, 1.807) is 13.8 Å². The van der Waals surface area contributed by atoms with Gasteiger partial charge in [0.15, 0.2) is 6.10 Å². The topological polar surface area (TPSA) is 76.1 Å². The molecule has 1 unspecified atom stereocenters. The van der Waals surface area contributed by atoms with Crippen LogP contribution in [0.15, 0.2) is 0 Å². The molecule has 1 saturated heterocycles. The molecule has 0 radical (unpaired) electrons. The van der Waals surface area contributed by atoms with E-state index in [0.29, 0.717) is 26.2 Å². The van der Waals surface area contributed by atoms with Crippen molar-refractivity contribution in [3.8, 4) is 0 Å². The fraction of sp³-hybridized carbons (Fsp3) is 0.818. The quantitative estimate of drug-likeness (QED) is 0.701. The van der Waals surface area contributed by atoms with Crippen LogP contribution >= 0.6 is 0 Å². The molecule has 0 aromatic carbocycles. The average molecular weight is 245 g/mol. The summed E-state index contributed by atoms with van der Waals surface area (Å²) >= 11 is 0. The van der Waals surface area contributed by atoms with Crippen LogP contribution in [0, 0.1) is 5.41 Å². The molecule has 0 aromatic rings. The van der Waals surface area contributed by atoms with Gasteiger partial charge in [0, 0.05) is 19.6 Å². The van der Waals surface area contributed by atoms with Crippen molar-refractivity contribution < 1.29 is 24.2 Å². The third-order valence-electron chi connectivity index (χ3n) is 2.81. The van der Waals surface area contributed by atoms with Crippen LogP contribution in [-0.2, 0) is 19.1 Å². The molecule has 0 spiro atoms. The van der Waals surface area contributed by atoms with Crippen LogP contribution in [0.4, 0.5) is 0 Å². The summed E-state index contributed by atoms with van der Waals surface area (Å²) in [4.78, 5) is 24.3. The smallest absolute Gasteiger partial charge is 0.336 e. The number of carbonyl (C=O) groups excluding carboxylic acids is 1. The number of methoxy groups -OCH3 is 1. The molecular formula is C11H19NO5. The van der Waals surface area contributed by atoms with E-state index >= 15 is 0 Å². The molecular weight excluding hydrogens is 226 g/mol. The molecule has 1 fully saturated rings. The fourth-order valence-corrected chi connectivity index (χ4v) is 1.75. The number of esters is 1. The van der Waals surface area contributed by atoms with Gasteiger partial charge in [0.25, 0.3) is 0 Å². The number of carboxylic acids is 1. The van der Waals surface area contributed by atoms with Crippen LogP contribution in [-0.4, -0.2) is 61.4 Å². The third-order valence-corrected chi connectivity index (χ3v) is 2.81. The monoisotopic (exact) mass is 245 g/mol. The minimum atomic E-state index is -0.849. The Morgan fingerprint density at radius 1 is 1.53 bits per heavy atom. The van der Waals surface area contributed by atoms with Gasteiger partial charge in [0.1, 0.15) is 0 Å². The number of morpholine rings is 1. The zero-order valence-corrected chi connectivity index (χ0v) is 10.4. The van der Waals surface area contributed by atoms with Crippen molar-refractivity contribution in [3.63, 3.8) is 0 Å². The first kappa shape index (κ1) is 13.9. The van der Waals surface area contributed by atoms with Crippen LogP contribution in [0.1, 0.15) is 13.8 Å². The molecule has 0 aromatic heterocycles. The Balaban J connectivity index is 2.56. The molecule has 1 rings (SSSR count). The minimum absolute atomic E-state index is 0.378. The number of nitrogens with zero attached hydrogens (tertiary/aromatic N) is 1. The Kier molecular flexibility index (Phi) is 4.47. The van der Waals surface area contributed by atoms with Gasteiger partial charge < -0.3 is 14.6 Å². The standard InChI is InChI=1S/C11H19NO5/c1-11(2,10(14)15)7-12-4-5-17-8(6-12)9(13)16-3/h8H,4-7H2,1-3H3,(H,14,15). The molecule has 17 heavy (non-hydrogen) atoms. The zero-order chi connectivity index (χ0) is 13.1. The summed E-state index contributed by atoms with van der Waals surface area (Å²) in [7, 11) is 1.31. The number of hydrogen-bond acceptors (Lipinski definition) is 5. The Morgan fingerprint density at radius 3 is 2.71 bits per heavy atom. The van der Waals surface area contributed by atoms with Crippen LogP contribution in [0.3, 0.4) is 0 Å². The van der Waals surface area contributed by atoms with Crippen LogP contribution in [0.25, 0.3) is 0 Å². The lowest BCUT2D eigenvalue weighted by molar-refractivity contribution is -0.161. The second-order valence-electron chi connectivity index (χ2n) is 4.81. The van der Waals surface area contributed by atoms with Crippen molar-refractivity contribution in [1.29, 1.82) is 0 Å². The molecule has 1 aliphatic heterocycles. The third kappa shape index (κ3) is 3.67. The highest BCUT2D eigenvalue weighted by molar-refractivity contribution is 5.75. The van der Waals surface area contributed by atoms with Gasteiger partial charge in [-0.25, -0.2) is 4.79 Å². The number of carbonyl (C=O) groups is 2. The van der Waals surface area contributed by atoms with Gasteiger partial charge in [0.05, 0.1) is 19.1 Å². The van der Waals surface area contributed by atoms with Crippen molar-refractivity contribution in [3.05, 3.63) is 0 Å². The predicted octanol–water partition coefficient (Wildman–Crippen LogP) is -0.0290. The van der Waals surface area contributed by atoms with E-state index in [1.807, 2.05) is 4.90 Å². The Hall–Kier alpha value is -1.14. The van der Waals surface area contributed by atoms with E-state index in [4.69, 9.17) is 9.84 Å². The lowest BCUT2D eigenvalue weighted by atomic mass is 9.93. The van der Waals surface area contributed by atoms with Crippen LogP contribution in [0.2, 0.25) is 0 Å². The Labute approximate surface area is 100 Å². The summed E-state index contributed by atoms with van der Waals surface area (Å²) in [5.74, 6) is -1.26. The van der Waals surface area contributed by atoms with Gasteiger partial charge in [-0.1, -0.05) is 0 Å². The van der Waals surface area contributed by atoms with Crippen molar-refractivity contribution in [2.45, 2.75) is 20.0 Å². The summed E-state index contributed by atoms with van der Waals surface area (Å²) in [5.41, 5.74) is -0.835. The van der Waals surface area contributed by atoms with Crippen molar-refractivity contribution in [2.75, 3.05) is 33.4 Å². The predicted molar refractivity (Wildman–Crippen MR) is 59.6 cm³/mol. The Bertz CT molecular complexity index is 302. The molecule has 1 heterocycles. The van der Waals surface area contributed by atoms with E-state index < -0.39 is 23.5 Å². The number of carboxylic acid groups (broad SMARTS) is 1. The second-order valence-corrected chi connectivity index (χ2v) is 4.81. The fourth-order valence-electron chi connectivity index (χ4n) is 1.75. The Morgan fingerprint density at radius 2 is 2.18 bits per heavy atom. The molecule has 1 atom stereocenters. The summed E-state index contributed by atoms with van der Waals surface area (Å²) in [6.45, 7) is 5.14. The van der Waals surface area contributed by atoms with E-state index in [0.717, 1.165) is 0 Å². The first-order chi connectivity index (χ1) is 7.86. The van der Waals surface area contributed by atoms with Gasteiger partial charge in [0.2, 0.25) is 0 Å². The molecule has 0 saturated carbocycles. The number of aliphatic carboxylic acids is 1. The van der Waals surface area contributed by atoms with E-state index in [-0.39, 0.29) is 0 Å². The van der Waals surface area contributed by atoms with Gasteiger partial charge in [-0.05, 0) is 13.8 Å². The molecule has 6 heteroatoms. The molecule has 6 nitrogen and oxygen atoms in total. The molecule has 0 bridgehead atoms. The lowest BCUT2D eigenvalue weighted by Crippen LogP contribution is -2.50. The highest BCUT2D eigenvalue weighted by Crippen LogP contribution is 2.19. The first-order valence-electron chi connectivity index (χ1n) is 5.52. The van der Waals surface area contributed by atoms with Crippen LogP contribution in [0.5, 0.6) is 0 Å². The molecule has 1 aliphatic rings. The maximum Gasteiger partial charge on any atom is 0.336 e. The summed E-state index contributed by atoms with van der Waals surface area (Å²) < 4.78 is 9.88. The molecule has 0 amide bonds. The maximum absolute atomic E-state index is 11.3. The van der Waals surface area contributed by atoms with Crippen LogP contribution < -0.4 is 0 Å². The lowest BCUT2D eigenvalue weighted by Gasteiger charge is -2.35. The van der Waals surface area contributed by atoms with Gasteiger partial charge in [-0.2, -0.15) is 0 Å². The first-order valence-corrected chi connectivity index (χ1v) is 5.52. The number of hydrogen-bond donors (Lipinski definition) is 1. The van der Waals surface area contributed by atoms with Gasteiger partial charge in [-0.3, -0.25) is 9.69 Å². The van der Waals surface area contributed by atoms with Crippen molar-refractivity contribution >= 4 is 11.9 Å². The van der Waals surface area contributed by atoms with E-state index in [2.05, 4.69) is 4.74 Å². The van der Waals surface area contributed by atoms with Crippen molar-refractivity contribution in [2.24, 2.45) is 5.41 Å². The highest BCUT2D eigenvalue weighted by atomic mass is 16.6. The summed E-state index contributed by atoms with van der Waals surface area (Å²) in [6, 6.07) is 0. The van der Waals surface area contributed by atoms with E-state index in [9.17, 15) is 9.59 Å². The molecule has 1 N–H and O–H groups in total. The molecule has 0 aliphatic carbocycles.